The number of pyridine rings is 1. The van der Waals surface area contributed by atoms with E-state index in [0.29, 0.717) is 0 Å². The molecule has 0 aliphatic heterocycles. The van der Waals surface area contributed by atoms with Gasteiger partial charge in [0.15, 0.2) is 0 Å². The molecule has 3 heteroatoms. The second-order valence-electron chi connectivity index (χ2n) is 3.91. The first-order chi connectivity index (χ1) is 7.72. The molecule has 84 valence electrons. The van der Waals surface area contributed by atoms with Crippen LogP contribution >= 0.6 is 0 Å². The first-order valence-electron chi connectivity index (χ1n) is 5.51. The predicted octanol–water partition coefficient (Wildman–Crippen LogP) is 2.99. The van der Waals surface area contributed by atoms with Gasteiger partial charge in [-0.1, -0.05) is 6.92 Å². The highest BCUT2D eigenvalue weighted by Gasteiger charge is 2.07. The van der Waals surface area contributed by atoms with Crippen molar-refractivity contribution in [3.8, 4) is 5.75 Å². The lowest BCUT2D eigenvalue weighted by molar-refractivity contribution is 0.220. The van der Waals surface area contributed by atoms with Gasteiger partial charge in [-0.2, -0.15) is 0 Å². The summed E-state index contributed by atoms with van der Waals surface area (Å²) >= 11 is 0. The van der Waals surface area contributed by atoms with Gasteiger partial charge in [0, 0.05) is 28.9 Å². The number of benzene rings is 1. The van der Waals surface area contributed by atoms with Gasteiger partial charge in [0.25, 0.3) is 0 Å². The quantitative estimate of drug-likeness (QED) is 0.802. The summed E-state index contributed by atoms with van der Waals surface area (Å²) < 4.78 is 5.85. The molecule has 0 bridgehead atoms. The van der Waals surface area contributed by atoms with Crippen molar-refractivity contribution in [2.45, 2.75) is 26.4 Å². The summed E-state index contributed by atoms with van der Waals surface area (Å²) in [6.07, 6.45) is 4.72. The Bertz CT molecular complexity index is 496. The maximum Gasteiger partial charge on any atom is 0.127 e. The van der Waals surface area contributed by atoms with Crippen LogP contribution in [0.4, 0.5) is 5.69 Å². The largest absolute Gasteiger partial charge is 0.490 e. The molecule has 0 amide bonds. The van der Waals surface area contributed by atoms with Gasteiger partial charge in [-0.3, -0.25) is 4.98 Å². The number of hydrogen-bond donors (Lipinski definition) is 1. The van der Waals surface area contributed by atoms with Gasteiger partial charge in [0.1, 0.15) is 5.75 Å². The van der Waals surface area contributed by atoms with Crippen molar-refractivity contribution in [2.75, 3.05) is 5.73 Å². The molecule has 3 nitrogen and oxygen atoms in total. The lowest BCUT2D eigenvalue weighted by Crippen LogP contribution is -2.10. The molecule has 1 aromatic heterocycles. The number of nitrogen functional groups attached to an aromatic ring is 1. The van der Waals surface area contributed by atoms with Crippen molar-refractivity contribution in [2.24, 2.45) is 0 Å². The van der Waals surface area contributed by atoms with E-state index in [-0.39, 0.29) is 6.10 Å². The first kappa shape index (κ1) is 10.7. The number of rotatable bonds is 3. The Balaban J connectivity index is 2.50. The molecule has 2 rings (SSSR count). The van der Waals surface area contributed by atoms with Gasteiger partial charge in [-0.25, -0.2) is 0 Å². The highest BCUT2D eigenvalue weighted by atomic mass is 16.5. The fourth-order valence-electron chi connectivity index (χ4n) is 1.59. The molecule has 0 fully saturated rings. The van der Waals surface area contributed by atoms with Crippen LogP contribution in [0, 0.1) is 0 Å². The molecular weight excluding hydrogens is 200 g/mol. The van der Waals surface area contributed by atoms with Crippen molar-refractivity contribution < 1.29 is 4.74 Å². The molecule has 1 atom stereocenters. The number of ether oxygens (including phenoxy) is 1. The SMILES string of the molecule is CCC(C)Oc1ccc(N)c2cnccc12. The third-order valence-corrected chi connectivity index (χ3v) is 2.71. The molecule has 2 N–H and O–H groups in total. The zero-order valence-electron chi connectivity index (χ0n) is 9.60. The molecule has 0 aliphatic carbocycles. The van der Waals surface area contributed by atoms with Gasteiger partial charge >= 0.3 is 0 Å². The molecule has 0 spiro atoms. The topological polar surface area (TPSA) is 48.1 Å². The Morgan fingerprint density at radius 1 is 1.31 bits per heavy atom. The standard InChI is InChI=1S/C13H16N2O/c1-3-9(2)16-13-5-4-12(14)11-8-15-7-6-10(11)13/h4-9H,3,14H2,1-2H3. The Kier molecular flexibility index (Phi) is 2.95. The molecule has 16 heavy (non-hydrogen) atoms. The van der Waals surface area contributed by atoms with Crippen LogP contribution in [0.2, 0.25) is 0 Å². The highest BCUT2D eigenvalue weighted by Crippen LogP contribution is 2.30. The van der Waals surface area contributed by atoms with Crippen LogP contribution < -0.4 is 10.5 Å². The smallest absolute Gasteiger partial charge is 0.127 e. The minimum absolute atomic E-state index is 0.208. The van der Waals surface area contributed by atoms with Gasteiger partial charge in [-0.15, -0.1) is 0 Å². The zero-order valence-corrected chi connectivity index (χ0v) is 9.60. The van der Waals surface area contributed by atoms with E-state index in [2.05, 4.69) is 18.8 Å². The Morgan fingerprint density at radius 2 is 2.12 bits per heavy atom. The number of anilines is 1. The highest BCUT2D eigenvalue weighted by molar-refractivity contribution is 5.96. The van der Waals surface area contributed by atoms with Crippen LogP contribution in [-0.2, 0) is 0 Å². The van der Waals surface area contributed by atoms with Gasteiger partial charge in [0.05, 0.1) is 6.10 Å². The second kappa shape index (κ2) is 4.39. The summed E-state index contributed by atoms with van der Waals surface area (Å²) in [7, 11) is 0. The minimum Gasteiger partial charge on any atom is -0.490 e. The fraction of sp³-hybridized carbons (Fsp3) is 0.308. The minimum atomic E-state index is 0.208. The molecule has 1 aromatic carbocycles. The van der Waals surface area contributed by atoms with E-state index in [1.165, 1.54) is 0 Å². The molecular formula is C13H16N2O. The Morgan fingerprint density at radius 3 is 2.88 bits per heavy atom. The van der Waals surface area contributed by atoms with E-state index in [9.17, 15) is 0 Å². The van der Waals surface area contributed by atoms with Gasteiger partial charge in [0.2, 0.25) is 0 Å². The predicted molar refractivity (Wildman–Crippen MR) is 66.5 cm³/mol. The number of nitrogens with zero attached hydrogens (tertiary/aromatic N) is 1. The molecule has 1 heterocycles. The lowest BCUT2D eigenvalue weighted by atomic mass is 10.1. The van der Waals surface area contributed by atoms with Crippen molar-refractivity contribution >= 4 is 16.5 Å². The molecule has 2 aromatic rings. The van der Waals surface area contributed by atoms with Crippen molar-refractivity contribution in [3.63, 3.8) is 0 Å². The normalized spacial score (nSPS) is 12.6. The van der Waals surface area contributed by atoms with Crippen LogP contribution in [0.15, 0.2) is 30.6 Å². The second-order valence-corrected chi connectivity index (χ2v) is 3.91. The lowest BCUT2D eigenvalue weighted by Gasteiger charge is -2.15. The maximum atomic E-state index is 5.89. The summed E-state index contributed by atoms with van der Waals surface area (Å²) in [6.45, 7) is 4.16. The number of nitrogens with two attached hydrogens (primary N) is 1. The van der Waals surface area contributed by atoms with E-state index in [4.69, 9.17) is 10.5 Å². The van der Waals surface area contributed by atoms with Crippen molar-refractivity contribution in [1.82, 2.24) is 4.98 Å². The monoisotopic (exact) mass is 216 g/mol. The van der Waals surface area contributed by atoms with Crippen LogP contribution in [0.1, 0.15) is 20.3 Å². The summed E-state index contributed by atoms with van der Waals surface area (Å²) in [6, 6.07) is 5.72. The van der Waals surface area contributed by atoms with E-state index < -0.39 is 0 Å². The molecule has 1 unspecified atom stereocenters. The van der Waals surface area contributed by atoms with Crippen LogP contribution in [-0.4, -0.2) is 11.1 Å². The van der Waals surface area contributed by atoms with E-state index in [1.807, 2.05) is 18.2 Å². The Labute approximate surface area is 95.2 Å². The van der Waals surface area contributed by atoms with Crippen LogP contribution in [0.3, 0.4) is 0 Å². The van der Waals surface area contributed by atoms with E-state index in [1.54, 1.807) is 12.4 Å². The van der Waals surface area contributed by atoms with Crippen LogP contribution in [0.5, 0.6) is 5.75 Å². The number of hydrogen-bond acceptors (Lipinski definition) is 3. The third-order valence-electron chi connectivity index (χ3n) is 2.71. The van der Waals surface area contributed by atoms with Gasteiger partial charge in [-0.05, 0) is 31.5 Å². The average Bonchev–Trinajstić information content (AvgIpc) is 2.33. The summed E-state index contributed by atoms with van der Waals surface area (Å²) in [5.41, 5.74) is 6.63. The Hall–Kier alpha value is -1.77. The maximum absolute atomic E-state index is 5.89. The zero-order chi connectivity index (χ0) is 11.5. The van der Waals surface area contributed by atoms with Crippen LogP contribution in [0.25, 0.3) is 10.8 Å². The number of fused-ring (bicyclic) bond motifs is 1. The van der Waals surface area contributed by atoms with E-state index in [0.717, 1.165) is 28.6 Å². The van der Waals surface area contributed by atoms with Gasteiger partial charge < -0.3 is 10.5 Å². The molecule has 0 aliphatic rings. The summed E-state index contributed by atoms with van der Waals surface area (Å²) in [5.74, 6) is 0.876. The number of aromatic nitrogens is 1. The first-order valence-corrected chi connectivity index (χ1v) is 5.51. The molecule has 0 radical (unpaired) electrons. The third kappa shape index (κ3) is 1.94. The summed E-state index contributed by atoms with van der Waals surface area (Å²) in [4.78, 5) is 4.08. The van der Waals surface area contributed by atoms with E-state index >= 15 is 0 Å². The fourth-order valence-corrected chi connectivity index (χ4v) is 1.59. The molecule has 0 saturated carbocycles. The van der Waals surface area contributed by atoms with Crippen molar-refractivity contribution in [1.29, 1.82) is 0 Å². The molecule has 0 saturated heterocycles. The summed E-state index contributed by atoms with van der Waals surface area (Å²) in [5, 5.41) is 1.97. The average molecular weight is 216 g/mol. The van der Waals surface area contributed by atoms with Crippen molar-refractivity contribution in [3.05, 3.63) is 30.6 Å².